The third kappa shape index (κ3) is 3.44. The van der Waals surface area contributed by atoms with Gasteiger partial charge < -0.3 is 9.47 Å². The van der Waals surface area contributed by atoms with Crippen LogP contribution in [0.5, 0.6) is 0 Å². The summed E-state index contributed by atoms with van der Waals surface area (Å²) in [4.78, 5) is 2.73. The molecule has 0 bridgehead atoms. The standard InChI is InChI=1S/C36H23N3O2S/c37-23-24-14-18-27(19-15-24)42(40,41)28-20-16-26(17-21-28)39-32-13-7-5-11-30(32)36-34(39)22-33-35(36)29-10-4-6-12-31(29)38(33)25-8-2-1-3-9-25/h1-22,35H. The normalized spacial score (nSPS) is 15.2. The number of aromatic nitrogens is 1. The topological polar surface area (TPSA) is 66.1 Å². The molecule has 1 aromatic heterocycles. The van der Waals surface area contributed by atoms with E-state index in [1.54, 1.807) is 12.1 Å². The van der Waals surface area contributed by atoms with Gasteiger partial charge in [0.25, 0.3) is 0 Å². The Balaban J connectivity index is 1.28. The van der Waals surface area contributed by atoms with Crippen LogP contribution in [0.25, 0.3) is 22.7 Å². The zero-order valence-electron chi connectivity index (χ0n) is 22.3. The summed E-state index contributed by atoms with van der Waals surface area (Å²) in [6.45, 7) is 0. The zero-order chi connectivity index (χ0) is 28.4. The van der Waals surface area contributed by atoms with Crippen LogP contribution in [-0.4, -0.2) is 13.0 Å². The lowest BCUT2D eigenvalue weighted by molar-refractivity contribution is 0.596. The number of sulfone groups is 1. The maximum atomic E-state index is 13.3. The lowest BCUT2D eigenvalue weighted by Gasteiger charge is -2.22. The molecule has 0 N–H and O–H groups in total. The fourth-order valence-corrected chi connectivity index (χ4v) is 7.71. The molecule has 6 aromatic rings. The number of rotatable bonds is 4. The van der Waals surface area contributed by atoms with Crippen molar-refractivity contribution in [2.45, 2.75) is 15.7 Å². The van der Waals surface area contributed by atoms with Crippen LogP contribution in [0.3, 0.4) is 0 Å². The molecule has 6 heteroatoms. The second kappa shape index (κ2) is 9.07. The summed E-state index contributed by atoms with van der Waals surface area (Å²) in [5.74, 6) is 0.0959. The minimum Gasteiger partial charge on any atom is -0.313 e. The highest BCUT2D eigenvalue weighted by atomic mass is 32.2. The Morgan fingerprint density at radius 3 is 2.05 bits per heavy atom. The molecular formula is C36H23N3O2S. The Kier molecular flexibility index (Phi) is 5.27. The number of fused-ring (bicyclic) bond motifs is 7. The molecule has 5 aromatic carbocycles. The highest BCUT2D eigenvalue weighted by molar-refractivity contribution is 7.91. The molecule has 1 aliphatic heterocycles. The second-order valence-electron chi connectivity index (χ2n) is 10.5. The Morgan fingerprint density at radius 1 is 0.667 bits per heavy atom. The summed E-state index contributed by atoms with van der Waals surface area (Å²) in [6, 6.07) is 42.6. The van der Waals surface area contributed by atoms with Crippen molar-refractivity contribution in [2.24, 2.45) is 0 Å². The first-order valence-electron chi connectivity index (χ1n) is 13.7. The molecule has 1 unspecified atom stereocenters. The van der Waals surface area contributed by atoms with Gasteiger partial charge in [-0.2, -0.15) is 5.26 Å². The van der Waals surface area contributed by atoms with Crippen molar-refractivity contribution in [2.75, 3.05) is 4.90 Å². The number of anilines is 2. The van der Waals surface area contributed by atoms with Gasteiger partial charge in [-0.15, -0.1) is 0 Å². The van der Waals surface area contributed by atoms with Crippen molar-refractivity contribution >= 4 is 38.2 Å². The van der Waals surface area contributed by atoms with Crippen molar-refractivity contribution in [1.82, 2.24) is 4.57 Å². The molecule has 0 amide bonds. The van der Waals surface area contributed by atoms with E-state index in [2.05, 4.69) is 82.3 Å². The van der Waals surface area contributed by atoms with Gasteiger partial charge in [0.2, 0.25) is 9.84 Å². The van der Waals surface area contributed by atoms with Crippen LogP contribution in [0.1, 0.15) is 28.3 Å². The fraction of sp³-hybridized carbons (Fsp3) is 0.0278. The maximum Gasteiger partial charge on any atom is 0.206 e. The van der Waals surface area contributed by atoms with Crippen molar-refractivity contribution in [1.29, 1.82) is 5.26 Å². The predicted octanol–water partition coefficient (Wildman–Crippen LogP) is 7.97. The van der Waals surface area contributed by atoms with Crippen LogP contribution in [0.4, 0.5) is 11.4 Å². The minimum absolute atomic E-state index is 0.0959. The molecule has 0 saturated carbocycles. The first kappa shape index (κ1) is 24.4. The summed E-state index contributed by atoms with van der Waals surface area (Å²) in [5.41, 5.74) is 9.57. The van der Waals surface area contributed by atoms with Gasteiger partial charge in [-0.25, -0.2) is 8.42 Å². The molecule has 5 nitrogen and oxygen atoms in total. The SMILES string of the molecule is N#Cc1ccc(S(=O)(=O)c2ccc(-n3c4c(c5ccccc53)C3C(=C4)N(c4ccccc4)c4ccccc43)cc2)cc1. The van der Waals surface area contributed by atoms with Crippen LogP contribution in [-0.2, 0) is 9.84 Å². The van der Waals surface area contributed by atoms with E-state index in [-0.39, 0.29) is 15.7 Å². The number of allylic oxidation sites excluding steroid dienone is 1. The van der Waals surface area contributed by atoms with Gasteiger partial charge in [0.05, 0.1) is 44.2 Å². The average Bonchev–Trinajstić information content (AvgIpc) is 3.67. The van der Waals surface area contributed by atoms with Gasteiger partial charge in [0.1, 0.15) is 0 Å². The summed E-state index contributed by atoms with van der Waals surface area (Å²) >= 11 is 0. The Bertz CT molecular complexity index is 2210. The average molecular weight is 562 g/mol. The summed E-state index contributed by atoms with van der Waals surface area (Å²) in [6.07, 6.45) is 2.29. The number of hydrogen-bond donors (Lipinski definition) is 0. The van der Waals surface area contributed by atoms with Gasteiger partial charge >= 0.3 is 0 Å². The lowest BCUT2D eigenvalue weighted by Crippen LogP contribution is -2.11. The van der Waals surface area contributed by atoms with Crippen LogP contribution < -0.4 is 4.90 Å². The van der Waals surface area contributed by atoms with E-state index in [4.69, 9.17) is 5.26 Å². The number of nitriles is 1. The van der Waals surface area contributed by atoms with Gasteiger partial charge in [-0.05, 0) is 90.0 Å². The number of nitrogens with zero attached hydrogens (tertiary/aromatic N) is 3. The molecule has 0 radical (unpaired) electrons. The van der Waals surface area contributed by atoms with E-state index < -0.39 is 9.84 Å². The van der Waals surface area contributed by atoms with Gasteiger partial charge in [0.15, 0.2) is 0 Å². The molecule has 0 spiro atoms. The Morgan fingerprint density at radius 2 is 1.31 bits per heavy atom. The number of benzene rings is 5. The monoisotopic (exact) mass is 561 g/mol. The Labute approximate surface area is 243 Å². The van der Waals surface area contributed by atoms with E-state index in [1.165, 1.54) is 52.2 Å². The molecule has 0 fully saturated rings. The zero-order valence-corrected chi connectivity index (χ0v) is 23.2. The molecule has 1 aliphatic carbocycles. The van der Waals surface area contributed by atoms with Crippen LogP contribution in [0, 0.1) is 11.3 Å². The van der Waals surface area contributed by atoms with Gasteiger partial charge in [-0.1, -0.05) is 54.6 Å². The Hall–Kier alpha value is -5.38. The maximum absolute atomic E-state index is 13.3. The van der Waals surface area contributed by atoms with E-state index in [1.807, 2.05) is 30.3 Å². The molecule has 8 rings (SSSR count). The molecule has 2 aliphatic rings. The largest absolute Gasteiger partial charge is 0.313 e. The fourth-order valence-electron chi connectivity index (χ4n) is 6.45. The highest BCUT2D eigenvalue weighted by Crippen LogP contribution is 2.57. The van der Waals surface area contributed by atoms with Crippen LogP contribution in [0.2, 0.25) is 0 Å². The molecule has 200 valence electrons. The first-order valence-corrected chi connectivity index (χ1v) is 15.2. The summed E-state index contributed by atoms with van der Waals surface area (Å²) in [5, 5.41) is 10.3. The third-order valence-corrected chi connectivity index (χ3v) is 10.1. The van der Waals surface area contributed by atoms with Crippen molar-refractivity contribution in [3.8, 4) is 11.8 Å². The predicted molar refractivity (Wildman–Crippen MR) is 165 cm³/mol. The van der Waals surface area contributed by atoms with Crippen molar-refractivity contribution in [3.63, 3.8) is 0 Å². The summed E-state index contributed by atoms with van der Waals surface area (Å²) < 4.78 is 28.9. The first-order chi connectivity index (χ1) is 20.6. The van der Waals surface area contributed by atoms with Crippen LogP contribution in [0.15, 0.2) is 143 Å². The van der Waals surface area contributed by atoms with E-state index in [0.717, 1.165) is 22.6 Å². The van der Waals surface area contributed by atoms with Crippen LogP contribution >= 0.6 is 0 Å². The van der Waals surface area contributed by atoms with Crippen molar-refractivity contribution in [3.05, 3.63) is 155 Å². The quantitative estimate of drug-likeness (QED) is 0.219. The third-order valence-electron chi connectivity index (χ3n) is 8.28. The van der Waals surface area contributed by atoms with Gasteiger partial charge in [0, 0.05) is 22.5 Å². The molecule has 1 atom stereocenters. The smallest absolute Gasteiger partial charge is 0.206 e. The number of para-hydroxylation sites is 3. The van der Waals surface area contributed by atoms with E-state index in [0.29, 0.717) is 5.56 Å². The second-order valence-corrected chi connectivity index (χ2v) is 12.5. The highest BCUT2D eigenvalue weighted by Gasteiger charge is 2.42. The summed E-state index contributed by atoms with van der Waals surface area (Å²) in [7, 11) is -3.72. The molecule has 0 saturated heterocycles. The van der Waals surface area contributed by atoms with Gasteiger partial charge in [-0.3, -0.25) is 0 Å². The lowest BCUT2D eigenvalue weighted by atomic mass is 9.93. The molecule has 2 heterocycles. The minimum atomic E-state index is -3.72. The molecule has 42 heavy (non-hydrogen) atoms. The van der Waals surface area contributed by atoms with E-state index in [9.17, 15) is 8.42 Å². The number of hydrogen-bond acceptors (Lipinski definition) is 4. The van der Waals surface area contributed by atoms with Crippen molar-refractivity contribution < 1.29 is 8.42 Å². The molecular weight excluding hydrogens is 538 g/mol. The van der Waals surface area contributed by atoms with E-state index >= 15 is 0 Å².